The summed E-state index contributed by atoms with van der Waals surface area (Å²) in [6.45, 7) is 4.83. The molecular formula is C28H37F3. The lowest BCUT2D eigenvalue weighted by Crippen LogP contribution is -2.19. The van der Waals surface area contributed by atoms with Gasteiger partial charge in [-0.3, -0.25) is 0 Å². The Balaban J connectivity index is 1.33. The molecule has 1 saturated carbocycles. The van der Waals surface area contributed by atoms with Crippen molar-refractivity contribution in [1.29, 1.82) is 0 Å². The number of alkyl halides is 3. The minimum atomic E-state index is -4.26. The van der Waals surface area contributed by atoms with Gasteiger partial charge in [0.15, 0.2) is 0 Å². The van der Waals surface area contributed by atoms with E-state index in [9.17, 15) is 13.2 Å². The molecule has 0 saturated heterocycles. The van der Waals surface area contributed by atoms with Gasteiger partial charge in [-0.05, 0) is 91.5 Å². The number of halogens is 3. The first kappa shape index (κ1) is 23.9. The van der Waals surface area contributed by atoms with Crippen LogP contribution in [0.25, 0.3) is 0 Å². The van der Waals surface area contributed by atoms with Crippen molar-refractivity contribution < 1.29 is 13.2 Å². The molecule has 0 spiro atoms. The highest BCUT2D eigenvalue weighted by Gasteiger charge is 2.29. The van der Waals surface area contributed by atoms with Gasteiger partial charge in [-0.25, -0.2) is 0 Å². The topological polar surface area (TPSA) is 0 Å². The summed E-state index contributed by atoms with van der Waals surface area (Å²) in [7, 11) is 0. The Hall–Kier alpha value is -1.77. The molecule has 2 aromatic rings. The molecular weight excluding hydrogens is 393 g/mol. The van der Waals surface area contributed by atoms with Crippen molar-refractivity contribution >= 4 is 0 Å². The summed E-state index contributed by atoms with van der Waals surface area (Å²) < 4.78 is 38.0. The van der Waals surface area contributed by atoms with E-state index in [1.807, 2.05) is 0 Å². The molecule has 0 amide bonds. The van der Waals surface area contributed by atoms with E-state index >= 15 is 0 Å². The minimum Gasteiger partial charge on any atom is -0.166 e. The SMILES string of the molecule is CC1CC(C)CC(CCCCCc2ccc(CCc3ccc(C(F)(F)F)cc3)cc2)C1. The van der Waals surface area contributed by atoms with Crippen LogP contribution in [0.4, 0.5) is 13.2 Å². The maximum atomic E-state index is 12.7. The third-order valence-electron chi connectivity index (χ3n) is 6.86. The largest absolute Gasteiger partial charge is 0.416 e. The lowest BCUT2D eigenvalue weighted by atomic mass is 9.75. The predicted octanol–water partition coefficient (Wildman–Crippen LogP) is 8.67. The number of aryl methyl sites for hydroxylation is 3. The van der Waals surface area contributed by atoms with Crippen LogP contribution in [-0.4, -0.2) is 0 Å². The molecule has 0 N–H and O–H groups in total. The molecule has 2 aromatic carbocycles. The van der Waals surface area contributed by atoms with Crippen molar-refractivity contribution in [2.24, 2.45) is 17.8 Å². The Morgan fingerprint density at radius 1 is 0.645 bits per heavy atom. The fraction of sp³-hybridized carbons (Fsp3) is 0.571. The van der Waals surface area contributed by atoms with Crippen molar-refractivity contribution in [1.82, 2.24) is 0 Å². The molecule has 2 atom stereocenters. The average molecular weight is 431 g/mol. The molecule has 1 aliphatic carbocycles. The van der Waals surface area contributed by atoms with Crippen molar-refractivity contribution in [2.75, 3.05) is 0 Å². The molecule has 0 aromatic heterocycles. The molecule has 3 rings (SSSR count). The summed E-state index contributed by atoms with van der Waals surface area (Å²) >= 11 is 0. The van der Waals surface area contributed by atoms with E-state index < -0.39 is 11.7 Å². The van der Waals surface area contributed by atoms with Gasteiger partial charge in [-0.2, -0.15) is 13.2 Å². The molecule has 0 heterocycles. The summed E-state index contributed by atoms with van der Waals surface area (Å²) in [6, 6.07) is 14.3. The number of unbranched alkanes of at least 4 members (excludes halogenated alkanes) is 2. The van der Waals surface area contributed by atoms with Gasteiger partial charge < -0.3 is 0 Å². The molecule has 31 heavy (non-hydrogen) atoms. The Kier molecular flexibility index (Phi) is 8.63. The van der Waals surface area contributed by atoms with E-state index in [-0.39, 0.29) is 0 Å². The number of rotatable bonds is 9. The number of benzene rings is 2. The van der Waals surface area contributed by atoms with E-state index in [4.69, 9.17) is 0 Å². The maximum Gasteiger partial charge on any atom is 0.416 e. The molecule has 3 heteroatoms. The van der Waals surface area contributed by atoms with Crippen LogP contribution in [-0.2, 0) is 25.4 Å². The highest BCUT2D eigenvalue weighted by atomic mass is 19.4. The second kappa shape index (κ2) is 11.2. The number of hydrogen-bond acceptors (Lipinski definition) is 0. The van der Waals surface area contributed by atoms with Gasteiger partial charge in [0.25, 0.3) is 0 Å². The van der Waals surface area contributed by atoms with E-state index in [0.29, 0.717) is 0 Å². The van der Waals surface area contributed by atoms with Gasteiger partial charge >= 0.3 is 6.18 Å². The molecule has 1 fully saturated rings. The van der Waals surface area contributed by atoms with Gasteiger partial charge in [0.05, 0.1) is 5.56 Å². The molecule has 0 aliphatic heterocycles. The zero-order valence-corrected chi connectivity index (χ0v) is 19.1. The van der Waals surface area contributed by atoms with Crippen LogP contribution in [0.5, 0.6) is 0 Å². The second-order valence-corrected chi connectivity index (χ2v) is 9.89. The van der Waals surface area contributed by atoms with Crippen LogP contribution in [0.1, 0.15) is 81.0 Å². The minimum absolute atomic E-state index is 0.580. The maximum absolute atomic E-state index is 12.7. The van der Waals surface area contributed by atoms with Crippen molar-refractivity contribution in [3.8, 4) is 0 Å². The van der Waals surface area contributed by atoms with E-state index in [0.717, 1.165) is 42.6 Å². The summed E-state index contributed by atoms with van der Waals surface area (Å²) in [6.07, 6.45) is 8.08. The van der Waals surface area contributed by atoms with Crippen LogP contribution >= 0.6 is 0 Å². The third-order valence-corrected chi connectivity index (χ3v) is 6.86. The van der Waals surface area contributed by atoms with E-state index in [1.165, 1.54) is 68.2 Å². The Morgan fingerprint density at radius 3 is 1.65 bits per heavy atom. The van der Waals surface area contributed by atoms with E-state index in [2.05, 4.69) is 38.1 Å². The monoisotopic (exact) mass is 430 g/mol. The zero-order valence-electron chi connectivity index (χ0n) is 19.1. The van der Waals surface area contributed by atoms with E-state index in [1.54, 1.807) is 12.1 Å². The lowest BCUT2D eigenvalue weighted by molar-refractivity contribution is -0.137. The second-order valence-electron chi connectivity index (χ2n) is 9.89. The highest BCUT2D eigenvalue weighted by molar-refractivity contribution is 5.27. The predicted molar refractivity (Wildman–Crippen MR) is 123 cm³/mol. The van der Waals surface area contributed by atoms with Crippen LogP contribution in [0.15, 0.2) is 48.5 Å². The number of hydrogen-bond donors (Lipinski definition) is 0. The van der Waals surface area contributed by atoms with Crippen LogP contribution in [0.2, 0.25) is 0 Å². The molecule has 0 radical (unpaired) electrons. The van der Waals surface area contributed by atoms with Gasteiger partial charge in [0.1, 0.15) is 0 Å². The van der Waals surface area contributed by atoms with Gasteiger partial charge in [-0.1, -0.05) is 69.5 Å². The Bertz CT molecular complexity index is 763. The highest BCUT2D eigenvalue weighted by Crippen LogP contribution is 2.35. The first-order valence-electron chi connectivity index (χ1n) is 12.0. The molecule has 0 nitrogen and oxygen atoms in total. The Morgan fingerprint density at radius 2 is 1.13 bits per heavy atom. The van der Waals surface area contributed by atoms with Crippen LogP contribution < -0.4 is 0 Å². The van der Waals surface area contributed by atoms with Gasteiger partial charge in [-0.15, -0.1) is 0 Å². The Labute approximate surface area is 186 Å². The first-order chi connectivity index (χ1) is 14.8. The average Bonchev–Trinajstić information content (AvgIpc) is 2.72. The van der Waals surface area contributed by atoms with Gasteiger partial charge in [0.2, 0.25) is 0 Å². The third kappa shape index (κ3) is 8.01. The van der Waals surface area contributed by atoms with Crippen molar-refractivity contribution in [3.05, 3.63) is 70.8 Å². The zero-order chi connectivity index (χ0) is 22.3. The fourth-order valence-corrected chi connectivity index (χ4v) is 5.31. The standard InChI is InChI=1S/C28H37F3/c1-21-18-22(2)20-26(19-21)7-5-3-4-6-23-8-10-24(11-9-23)12-13-25-14-16-27(17-15-25)28(29,30)31/h8-11,14-17,21-22,26H,3-7,12-13,18-20H2,1-2H3. The quantitative estimate of drug-likeness (QED) is 0.349. The molecule has 2 unspecified atom stereocenters. The first-order valence-corrected chi connectivity index (χ1v) is 12.0. The molecule has 170 valence electrons. The summed E-state index contributed by atoms with van der Waals surface area (Å²) in [5.74, 6) is 2.76. The van der Waals surface area contributed by atoms with Crippen molar-refractivity contribution in [3.63, 3.8) is 0 Å². The van der Waals surface area contributed by atoms with Crippen LogP contribution in [0.3, 0.4) is 0 Å². The normalized spacial score (nSPS) is 21.9. The summed E-state index contributed by atoms with van der Waals surface area (Å²) in [5.41, 5.74) is 2.99. The summed E-state index contributed by atoms with van der Waals surface area (Å²) in [5, 5.41) is 0. The molecule has 1 aliphatic rings. The van der Waals surface area contributed by atoms with Gasteiger partial charge in [0, 0.05) is 0 Å². The lowest BCUT2D eigenvalue weighted by Gasteiger charge is -2.31. The summed E-state index contributed by atoms with van der Waals surface area (Å²) in [4.78, 5) is 0. The smallest absolute Gasteiger partial charge is 0.166 e. The van der Waals surface area contributed by atoms with Crippen molar-refractivity contribution in [2.45, 2.75) is 84.2 Å². The van der Waals surface area contributed by atoms with Crippen LogP contribution in [0, 0.1) is 17.8 Å². The fourth-order valence-electron chi connectivity index (χ4n) is 5.31. The molecule has 0 bridgehead atoms.